The number of rotatable bonds is 4. The topological polar surface area (TPSA) is 66.4 Å². The molecule has 0 aromatic heterocycles. The normalized spacial score (nSPS) is 30.6. The van der Waals surface area contributed by atoms with Gasteiger partial charge in [-0.1, -0.05) is 19.8 Å². The molecule has 0 aromatic carbocycles. The molecule has 4 heteroatoms. The molecule has 2 rings (SSSR count). The Balaban J connectivity index is 1.75. The van der Waals surface area contributed by atoms with Crippen LogP contribution in [0.1, 0.15) is 45.4 Å². The molecule has 2 aliphatic rings. The molecule has 0 radical (unpaired) electrons. The highest BCUT2D eigenvalue weighted by Crippen LogP contribution is 2.46. The first-order valence-corrected chi connectivity index (χ1v) is 6.56. The summed E-state index contributed by atoms with van der Waals surface area (Å²) in [7, 11) is 0. The van der Waals surface area contributed by atoms with E-state index < -0.39 is 11.4 Å². The monoisotopic (exact) mass is 239 g/mol. The molecule has 0 aromatic rings. The number of carbonyl (C=O) groups is 2. The molecule has 4 nitrogen and oxygen atoms in total. The van der Waals surface area contributed by atoms with Gasteiger partial charge < -0.3 is 10.4 Å². The first kappa shape index (κ1) is 12.4. The largest absolute Gasteiger partial charge is 0.480 e. The van der Waals surface area contributed by atoms with Crippen LogP contribution in [0.15, 0.2) is 0 Å². The molecule has 2 N–H and O–H groups in total. The van der Waals surface area contributed by atoms with Gasteiger partial charge in [-0.3, -0.25) is 9.59 Å². The molecule has 1 amide bonds. The maximum absolute atomic E-state index is 11.8. The summed E-state index contributed by atoms with van der Waals surface area (Å²) in [6.45, 7) is 2.92. The maximum Gasteiger partial charge on any atom is 0.319 e. The average Bonchev–Trinajstić information content (AvgIpc) is 3.09. The summed E-state index contributed by atoms with van der Waals surface area (Å²) < 4.78 is 0. The van der Waals surface area contributed by atoms with Crippen molar-refractivity contribution in [3.8, 4) is 0 Å². The molecule has 0 unspecified atom stereocenters. The van der Waals surface area contributed by atoms with Crippen LogP contribution in [0, 0.1) is 17.3 Å². The van der Waals surface area contributed by atoms with Crippen molar-refractivity contribution in [2.24, 2.45) is 17.3 Å². The molecule has 0 spiro atoms. The van der Waals surface area contributed by atoms with Crippen molar-refractivity contribution in [3.63, 3.8) is 0 Å². The van der Waals surface area contributed by atoms with E-state index in [0.29, 0.717) is 25.3 Å². The number of carboxylic acids is 1. The number of amides is 1. The zero-order valence-corrected chi connectivity index (χ0v) is 10.4. The van der Waals surface area contributed by atoms with Crippen LogP contribution in [0.5, 0.6) is 0 Å². The molecular formula is C13H21NO3. The van der Waals surface area contributed by atoms with Crippen LogP contribution in [0.2, 0.25) is 0 Å². The molecule has 2 fully saturated rings. The van der Waals surface area contributed by atoms with E-state index in [0.717, 1.165) is 18.8 Å². The molecule has 0 heterocycles. The first-order valence-electron chi connectivity index (χ1n) is 6.56. The molecule has 0 saturated heterocycles. The van der Waals surface area contributed by atoms with Gasteiger partial charge in [0.2, 0.25) is 5.91 Å². The molecule has 2 aliphatic carbocycles. The van der Waals surface area contributed by atoms with Gasteiger partial charge in [0.1, 0.15) is 5.41 Å². The summed E-state index contributed by atoms with van der Waals surface area (Å²) in [6.07, 6.45) is 5.75. The fourth-order valence-corrected chi connectivity index (χ4v) is 2.60. The van der Waals surface area contributed by atoms with Gasteiger partial charge in [-0.2, -0.15) is 0 Å². The third-order valence-electron chi connectivity index (χ3n) is 4.28. The highest BCUT2D eigenvalue weighted by atomic mass is 16.4. The van der Waals surface area contributed by atoms with Crippen molar-refractivity contribution in [1.82, 2.24) is 5.32 Å². The molecule has 17 heavy (non-hydrogen) atoms. The third kappa shape index (κ3) is 2.61. The van der Waals surface area contributed by atoms with Crippen LogP contribution in [-0.4, -0.2) is 23.5 Å². The zero-order valence-electron chi connectivity index (χ0n) is 10.4. The van der Waals surface area contributed by atoms with Gasteiger partial charge in [0, 0.05) is 6.54 Å². The number of hydrogen-bond acceptors (Lipinski definition) is 2. The Morgan fingerprint density at radius 1 is 1.24 bits per heavy atom. The Bertz CT molecular complexity index is 315. The number of carbonyl (C=O) groups excluding carboxylic acids is 1. The molecular weight excluding hydrogens is 218 g/mol. The Kier molecular flexibility index (Phi) is 3.40. The van der Waals surface area contributed by atoms with E-state index in [1.54, 1.807) is 0 Å². The SMILES string of the molecule is CC1CCC(CNC(=O)C2(C(=O)O)CC2)CC1. The quantitative estimate of drug-likeness (QED) is 0.735. The first-order chi connectivity index (χ1) is 8.04. The van der Waals surface area contributed by atoms with Gasteiger partial charge in [-0.05, 0) is 37.5 Å². The highest BCUT2D eigenvalue weighted by molar-refractivity contribution is 6.04. The second-order valence-corrected chi connectivity index (χ2v) is 5.72. The van der Waals surface area contributed by atoms with Crippen molar-refractivity contribution in [2.75, 3.05) is 6.54 Å². The second-order valence-electron chi connectivity index (χ2n) is 5.72. The van der Waals surface area contributed by atoms with Gasteiger partial charge in [0.15, 0.2) is 0 Å². The standard InChI is InChI=1S/C13H21NO3/c1-9-2-4-10(5-3-9)8-14-11(15)13(6-7-13)12(16)17/h9-10H,2-8H2,1H3,(H,14,15)(H,16,17). The minimum Gasteiger partial charge on any atom is -0.480 e. The predicted octanol–water partition coefficient (Wildman–Crippen LogP) is 1.79. The lowest BCUT2D eigenvalue weighted by molar-refractivity contribution is -0.149. The van der Waals surface area contributed by atoms with E-state index in [9.17, 15) is 9.59 Å². The molecule has 2 saturated carbocycles. The van der Waals surface area contributed by atoms with Gasteiger partial charge in [-0.25, -0.2) is 0 Å². The summed E-state index contributed by atoms with van der Waals surface area (Å²) in [5, 5.41) is 11.8. The lowest BCUT2D eigenvalue weighted by Gasteiger charge is -2.26. The second kappa shape index (κ2) is 4.67. The Labute approximate surface area is 102 Å². The van der Waals surface area contributed by atoms with Crippen LogP contribution >= 0.6 is 0 Å². The van der Waals surface area contributed by atoms with Gasteiger partial charge in [0.05, 0.1) is 0 Å². The molecule has 0 atom stereocenters. The van der Waals surface area contributed by atoms with Crippen LogP contribution in [0.3, 0.4) is 0 Å². The van der Waals surface area contributed by atoms with Crippen LogP contribution < -0.4 is 5.32 Å². The van der Waals surface area contributed by atoms with E-state index in [2.05, 4.69) is 12.2 Å². The predicted molar refractivity (Wildman–Crippen MR) is 63.4 cm³/mol. The zero-order chi connectivity index (χ0) is 12.5. The van der Waals surface area contributed by atoms with E-state index in [1.165, 1.54) is 12.8 Å². The fourth-order valence-electron chi connectivity index (χ4n) is 2.60. The Morgan fingerprint density at radius 2 is 1.82 bits per heavy atom. The van der Waals surface area contributed by atoms with Crippen molar-refractivity contribution in [1.29, 1.82) is 0 Å². The Morgan fingerprint density at radius 3 is 2.29 bits per heavy atom. The summed E-state index contributed by atoms with van der Waals surface area (Å²) in [5.41, 5.74) is -1.08. The minimum absolute atomic E-state index is 0.274. The smallest absolute Gasteiger partial charge is 0.319 e. The molecule has 0 bridgehead atoms. The summed E-state index contributed by atoms with van der Waals surface area (Å²) in [4.78, 5) is 22.7. The molecule has 0 aliphatic heterocycles. The van der Waals surface area contributed by atoms with E-state index in [1.807, 2.05) is 0 Å². The Hall–Kier alpha value is -1.06. The summed E-state index contributed by atoms with van der Waals surface area (Å²) >= 11 is 0. The molecule has 96 valence electrons. The van der Waals surface area contributed by atoms with E-state index in [4.69, 9.17) is 5.11 Å². The average molecular weight is 239 g/mol. The number of carboxylic acid groups (broad SMARTS) is 1. The maximum atomic E-state index is 11.8. The minimum atomic E-state index is -1.08. The third-order valence-corrected chi connectivity index (χ3v) is 4.28. The van der Waals surface area contributed by atoms with Crippen LogP contribution in [0.25, 0.3) is 0 Å². The number of hydrogen-bond donors (Lipinski definition) is 2. The fraction of sp³-hybridized carbons (Fsp3) is 0.846. The van der Waals surface area contributed by atoms with Crippen LogP contribution in [-0.2, 0) is 9.59 Å². The van der Waals surface area contributed by atoms with Gasteiger partial charge in [0.25, 0.3) is 0 Å². The van der Waals surface area contributed by atoms with E-state index in [-0.39, 0.29) is 5.91 Å². The van der Waals surface area contributed by atoms with Crippen LogP contribution in [0.4, 0.5) is 0 Å². The van der Waals surface area contributed by atoms with Crippen molar-refractivity contribution in [2.45, 2.75) is 45.4 Å². The van der Waals surface area contributed by atoms with Crippen molar-refractivity contribution >= 4 is 11.9 Å². The lowest BCUT2D eigenvalue weighted by atomic mass is 9.83. The lowest BCUT2D eigenvalue weighted by Crippen LogP contribution is -2.39. The summed E-state index contributed by atoms with van der Waals surface area (Å²) in [6, 6.07) is 0. The number of nitrogens with one attached hydrogen (secondary N) is 1. The van der Waals surface area contributed by atoms with Crippen molar-refractivity contribution in [3.05, 3.63) is 0 Å². The highest BCUT2D eigenvalue weighted by Gasteiger charge is 2.57. The van der Waals surface area contributed by atoms with Gasteiger partial charge in [-0.15, -0.1) is 0 Å². The summed E-state index contributed by atoms with van der Waals surface area (Å²) in [5.74, 6) is 0.103. The number of aliphatic carboxylic acids is 1. The van der Waals surface area contributed by atoms with E-state index >= 15 is 0 Å². The van der Waals surface area contributed by atoms with Crippen molar-refractivity contribution < 1.29 is 14.7 Å². The van der Waals surface area contributed by atoms with Gasteiger partial charge >= 0.3 is 5.97 Å².